The van der Waals surface area contributed by atoms with Crippen LogP contribution in [-0.4, -0.2) is 45.8 Å². The predicted octanol–water partition coefficient (Wildman–Crippen LogP) is 2.07. The molecule has 0 saturated carbocycles. The van der Waals surface area contributed by atoms with Crippen LogP contribution in [0.2, 0.25) is 0 Å². The highest BCUT2D eigenvalue weighted by Crippen LogP contribution is 2.15. The summed E-state index contributed by atoms with van der Waals surface area (Å²) < 4.78 is 2.00. The van der Waals surface area contributed by atoms with Crippen LogP contribution in [0.1, 0.15) is 25.6 Å². The summed E-state index contributed by atoms with van der Waals surface area (Å²) in [6.45, 7) is 5.03. The van der Waals surface area contributed by atoms with Crippen molar-refractivity contribution in [2.75, 3.05) is 20.1 Å². The van der Waals surface area contributed by atoms with Gasteiger partial charge in [-0.2, -0.15) is 0 Å². The number of rotatable bonds is 3. The number of piperidine rings is 1. The van der Waals surface area contributed by atoms with Gasteiger partial charge >= 0.3 is 0 Å². The number of aromatic nitrogens is 3. The summed E-state index contributed by atoms with van der Waals surface area (Å²) >= 11 is 0. The normalized spacial score (nSPS) is 19.0. The molecular formula is C17H24N6. The Balaban J connectivity index is 1.67. The summed E-state index contributed by atoms with van der Waals surface area (Å²) in [5.41, 5.74) is 1.07. The lowest BCUT2D eigenvalue weighted by Crippen LogP contribution is -2.46. The number of benzene rings is 1. The summed E-state index contributed by atoms with van der Waals surface area (Å²) in [5.74, 6) is 2.54. The minimum atomic E-state index is 0.604. The van der Waals surface area contributed by atoms with E-state index in [0.717, 1.165) is 36.5 Å². The van der Waals surface area contributed by atoms with Crippen LogP contribution in [0.15, 0.2) is 41.7 Å². The number of hydrogen-bond acceptors (Lipinski definition) is 3. The van der Waals surface area contributed by atoms with Gasteiger partial charge in [0, 0.05) is 25.8 Å². The quantitative estimate of drug-likeness (QED) is 0.696. The Morgan fingerprint density at radius 3 is 2.91 bits per heavy atom. The van der Waals surface area contributed by atoms with E-state index in [2.05, 4.69) is 32.3 Å². The topological polar surface area (TPSA) is 58.3 Å². The van der Waals surface area contributed by atoms with Crippen LogP contribution in [0.3, 0.4) is 0 Å². The number of nitrogens with zero attached hydrogens (tertiary/aromatic N) is 5. The fourth-order valence-corrected chi connectivity index (χ4v) is 3.06. The number of para-hydroxylation sites is 1. The van der Waals surface area contributed by atoms with Crippen molar-refractivity contribution >= 4 is 5.96 Å². The molecule has 1 aromatic carbocycles. The zero-order chi connectivity index (χ0) is 16.1. The lowest BCUT2D eigenvalue weighted by atomic mass is 10.0. The highest BCUT2D eigenvalue weighted by atomic mass is 15.3. The molecule has 2 aromatic rings. The second-order valence-electron chi connectivity index (χ2n) is 6.05. The van der Waals surface area contributed by atoms with Gasteiger partial charge in [-0.25, -0.2) is 0 Å². The van der Waals surface area contributed by atoms with Crippen LogP contribution in [0.25, 0.3) is 5.69 Å². The monoisotopic (exact) mass is 312 g/mol. The third-order valence-electron chi connectivity index (χ3n) is 4.23. The van der Waals surface area contributed by atoms with Crippen molar-refractivity contribution < 1.29 is 0 Å². The van der Waals surface area contributed by atoms with Crippen molar-refractivity contribution in [2.24, 2.45) is 10.9 Å². The average molecular weight is 312 g/mol. The highest BCUT2D eigenvalue weighted by molar-refractivity contribution is 5.79. The van der Waals surface area contributed by atoms with Gasteiger partial charge in [0.25, 0.3) is 0 Å². The van der Waals surface area contributed by atoms with E-state index in [4.69, 9.17) is 0 Å². The lowest BCUT2D eigenvalue weighted by Gasteiger charge is -2.33. The first kappa shape index (κ1) is 15.5. The molecule has 1 N–H and O–H groups in total. The van der Waals surface area contributed by atoms with Gasteiger partial charge in [-0.1, -0.05) is 25.1 Å². The van der Waals surface area contributed by atoms with Crippen molar-refractivity contribution in [1.82, 2.24) is 25.0 Å². The molecule has 122 valence electrons. The molecule has 3 rings (SSSR count). The maximum atomic E-state index is 4.42. The number of aliphatic imine (C=N–C) groups is 1. The fourth-order valence-electron chi connectivity index (χ4n) is 3.06. The summed E-state index contributed by atoms with van der Waals surface area (Å²) in [6, 6.07) is 10.1. The van der Waals surface area contributed by atoms with Gasteiger partial charge in [-0.15, -0.1) is 10.2 Å². The van der Waals surface area contributed by atoms with Crippen LogP contribution in [0, 0.1) is 5.92 Å². The molecule has 6 heteroatoms. The molecule has 1 unspecified atom stereocenters. The summed E-state index contributed by atoms with van der Waals surface area (Å²) in [5, 5.41) is 11.7. The van der Waals surface area contributed by atoms with Gasteiger partial charge in [0.15, 0.2) is 11.8 Å². The Kier molecular flexibility index (Phi) is 4.90. The van der Waals surface area contributed by atoms with E-state index >= 15 is 0 Å². The number of hydrogen-bond donors (Lipinski definition) is 1. The Bertz CT molecular complexity index is 648. The van der Waals surface area contributed by atoms with Gasteiger partial charge < -0.3 is 10.2 Å². The zero-order valence-corrected chi connectivity index (χ0v) is 13.8. The van der Waals surface area contributed by atoms with E-state index in [1.807, 2.05) is 41.9 Å². The molecular weight excluding hydrogens is 288 g/mol. The molecule has 1 aromatic heterocycles. The van der Waals surface area contributed by atoms with E-state index < -0.39 is 0 Å². The van der Waals surface area contributed by atoms with Gasteiger partial charge in [0.2, 0.25) is 0 Å². The maximum absolute atomic E-state index is 4.42. The number of guanidine groups is 1. The molecule has 0 radical (unpaired) electrons. The largest absolute Gasteiger partial charge is 0.349 e. The van der Waals surface area contributed by atoms with Gasteiger partial charge in [0.1, 0.15) is 6.33 Å². The van der Waals surface area contributed by atoms with Crippen molar-refractivity contribution in [3.63, 3.8) is 0 Å². The SMILES string of the molecule is CN=C(NCc1nncn1-c1ccccc1)N1CCCC(C)C1. The molecule has 2 heterocycles. The molecule has 1 aliphatic rings. The lowest BCUT2D eigenvalue weighted by molar-refractivity contribution is 0.265. The summed E-state index contributed by atoms with van der Waals surface area (Å²) in [7, 11) is 1.84. The molecule has 0 spiro atoms. The van der Waals surface area contributed by atoms with Crippen molar-refractivity contribution in [3.8, 4) is 5.69 Å². The number of likely N-dealkylation sites (tertiary alicyclic amines) is 1. The highest BCUT2D eigenvalue weighted by Gasteiger charge is 2.19. The minimum absolute atomic E-state index is 0.604. The Morgan fingerprint density at radius 1 is 1.35 bits per heavy atom. The standard InChI is InChI=1S/C17H24N6/c1-14-7-6-10-22(12-14)17(18-2)19-11-16-21-20-13-23(16)15-8-4-3-5-9-15/h3-5,8-9,13-14H,6-7,10-12H2,1-2H3,(H,18,19). The van der Waals surface area contributed by atoms with Gasteiger partial charge in [-0.05, 0) is 30.9 Å². The van der Waals surface area contributed by atoms with Crippen molar-refractivity contribution in [1.29, 1.82) is 0 Å². The van der Waals surface area contributed by atoms with E-state index in [9.17, 15) is 0 Å². The Morgan fingerprint density at radius 2 is 2.17 bits per heavy atom. The third-order valence-corrected chi connectivity index (χ3v) is 4.23. The van der Waals surface area contributed by atoms with E-state index in [-0.39, 0.29) is 0 Å². The minimum Gasteiger partial charge on any atom is -0.349 e. The summed E-state index contributed by atoms with van der Waals surface area (Å²) in [6.07, 6.45) is 4.27. The Hall–Kier alpha value is -2.37. The molecule has 0 bridgehead atoms. The molecule has 1 saturated heterocycles. The van der Waals surface area contributed by atoms with Crippen LogP contribution < -0.4 is 5.32 Å². The zero-order valence-electron chi connectivity index (χ0n) is 13.8. The van der Waals surface area contributed by atoms with Gasteiger partial charge in [0.05, 0.1) is 6.54 Å². The maximum Gasteiger partial charge on any atom is 0.194 e. The van der Waals surface area contributed by atoms with Crippen LogP contribution in [0.4, 0.5) is 0 Å². The number of nitrogens with one attached hydrogen (secondary N) is 1. The van der Waals surface area contributed by atoms with Crippen LogP contribution in [0.5, 0.6) is 0 Å². The Labute approximate surface area is 137 Å². The van der Waals surface area contributed by atoms with Crippen molar-refractivity contribution in [3.05, 3.63) is 42.5 Å². The first-order chi connectivity index (χ1) is 11.3. The second kappa shape index (κ2) is 7.26. The summed E-state index contributed by atoms with van der Waals surface area (Å²) in [4.78, 5) is 6.75. The molecule has 0 amide bonds. The predicted molar refractivity (Wildman–Crippen MR) is 91.5 cm³/mol. The second-order valence-corrected chi connectivity index (χ2v) is 6.05. The molecule has 23 heavy (non-hydrogen) atoms. The van der Waals surface area contributed by atoms with E-state index in [0.29, 0.717) is 6.54 Å². The van der Waals surface area contributed by atoms with Crippen LogP contribution in [-0.2, 0) is 6.54 Å². The van der Waals surface area contributed by atoms with E-state index in [1.165, 1.54) is 12.8 Å². The molecule has 1 atom stereocenters. The van der Waals surface area contributed by atoms with Gasteiger partial charge in [-0.3, -0.25) is 9.56 Å². The third kappa shape index (κ3) is 3.70. The van der Waals surface area contributed by atoms with Crippen LogP contribution >= 0.6 is 0 Å². The average Bonchev–Trinajstić information content (AvgIpc) is 3.05. The molecule has 0 aliphatic carbocycles. The smallest absolute Gasteiger partial charge is 0.194 e. The first-order valence-corrected chi connectivity index (χ1v) is 8.18. The molecule has 6 nitrogen and oxygen atoms in total. The fraction of sp³-hybridized carbons (Fsp3) is 0.471. The molecule has 1 fully saturated rings. The molecule has 1 aliphatic heterocycles. The van der Waals surface area contributed by atoms with Crippen molar-refractivity contribution in [2.45, 2.75) is 26.3 Å². The van der Waals surface area contributed by atoms with E-state index in [1.54, 1.807) is 6.33 Å². The first-order valence-electron chi connectivity index (χ1n) is 8.18.